The average Bonchev–Trinajstić information content (AvgIpc) is 2.93. The molecule has 25 heavy (non-hydrogen) atoms. The Kier molecular flexibility index (Phi) is 4.51. The first-order valence-corrected chi connectivity index (χ1v) is 11.5. The lowest BCUT2D eigenvalue weighted by Gasteiger charge is -2.58. The Bertz CT molecular complexity index is 638. The summed E-state index contributed by atoms with van der Waals surface area (Å²) in [5, 5.41) is 11.1. The van der Waals surface area contributed by atoms with Crippen LogP contribution in [0.15, 0.2) is 23.8 Å². The van der Waals surface area contributed by atoms with Gasteiger partial charge in [-0.1, -0.05) is 55.0 Å². The van der Waals surface area contributed by atoms with Crippen LogP contribution < -0.4 is 0 Å². The molecule has 0 saturated heterocycles. The van der Waals surface area contributed by atoms with Crippen LogP contribution in [0.2, 0.25) is 0 Å². The van der Waals surface area contributed by atoms with E-state index in [4.69, 9.17) is 0 Å². The lowest BCUT2D eigenvalue weighted by atomic mass is 9.46. The molecule has 3 fully saturated rings. The van der Waals surface area contributed by atoms with E-state index < -0.39 is 0 Å². The zero-order valence-corrected chi connectivity index (χ0v) is 17.8. The van der Waals surface area contributed by atoms with Crippen LogP contribution in [0.4, 0.5) is 0 Å². The second kappa shape index (κ2) is 6.19. The number of ketones is 1. The van der Waals surface area contributed by atoms with E-state index in [1.165, 1.54) is 35.7 Å². The summed E-state index contributed by atoms with van der Waals surface area (Å²) in [5.74, 6) is 3.18. The van der Waals surface area contributed by atoms with Gasteiger partial charge in [0.2, 0.25) is 0 Å². The molecule has 0 amide bonds. The van der Waals surface area contributed by atoms with Crippen LogP contribution in [-0.2, 0) is 4.79 Å². The fraction of sp³-hybridized carbons (Fsp3) is 0.773. The van der Waals surface area contributed by atoms with Crippen LogP contribution in [0.3, 0.4) is 0 Å². The molecule has 3 heteroatoms. The molecule has 0 aliphatic heterocycles. The minimum atomic E-state index is -0.276. The van der Waals surface area contributed by atoms with Crippen LogP contribution in [0.25, 0.3) is 0 Å². The van der Waals surface area contributed by atoms with Crippen molar-refractivity contribution < 1.29 is 9.90 Å². The Morgan fingerprint density at radius 1 is 1.28 bits per heavy atom. The Labute approximate surface area is 165 Å². The maximum atomic E-state index is 11.9. The van der Waals surface area contributed by atoms with E-state index in [2.05, 4.69) is 49.4 Å². The van der Waals surface area contributed by atoms with Gasteiger partial charge >= 0.3 is 0 Å². The highest BCUT2D eigenvalue weighted by atomic mass is 127. The van der Waals surface area contributed by atoms with Crippen LogP contribution in [0.1, 0.15) is 52.9 Å². The summed E-state index contributed by atoms with van der Waals surface area (Å²) in [7, 11) is 0. The third-order valence-electron chi connectivity index (χ3n) is 8.58. The van der Waals surface area contributed by atoms with Gasteiger partial charge in [-0.3, -0.25) is 4.79 Å². The number of fused-ring (bicyclic) bond motifs is 5. The molecule has 0 aromatic carbocycles. The second-order valence-electron chi connectivity index (χ2n) is 9.61. The molecule has 4 rings (SSSR count). The molecule has 3 saturated carbocycles. The van der Waals surface area contributed by atoms with Crippen LogP contribution in [0.5, 0.6) is 0 Å². The van der Waals surface area contributed by atoms with Crippen molar-refractivity contribution in [1.82, 2.24) is 0 Å². The molecule has 4 aliphatic rings. The monoisotopic (exact) mass is 454 g/mol. The van der Waals surface area contributed by atoms with E-state index in [0.29, 0.717) is 29.6 Å². The number of carbonyl (C=O) groups is 1. The maximum Gasteiger partial charge on any atom is 0.178 e. The van der Waals surface area contributed by atoms with Gasteiger partial charge in [0, 0.05) is 9.84 Å². The minimum Gasteiger partial charge on any atom is -0.392 e. The van der Waals surface area contributed by atoms with Gasteiger partial charge in [-0.05, 0) is 79.3 Å². The largest absolute Gasteiger partial charge is 0.392 e. The second-order valence-corrected chi connectivity index (χ2v) is 10.5. The van der Waals surface area contributed by atoms with Crippen LogP contribution in [0, 0.1) is 40.4 Å². The van der Waals surface area contributed by atoms with Crippen molar-refractivity contribution in [2.75, 3.05) is 4.43 Å². The molecule has 2 nitrogen and oxygen atoms in total. The summed E-state index contributed by atoms with van der Waals surface area (Å²) in [6.07, 6.45) is 11.2. The predicted molar refractivity (Wildman–Crippen MR) is 110 cm³/mol. The van der Waals surface area contributed by atoms with Gasteiger partial charge in [-0.25, -0.2) is 0 Å². The first kappa shape index (κ1) is 18.2. The zero-order valence-electron chi connectivity index (χ0n) is 15.7. The molecule has 0 unspecified atom stereocenters. The van der Waals surface area contributed by atoms with Gasteiger partial charge < -0.3 is 5.11 Å². The summed E-state index contributed by atoms with van der Waals surface area (Å²) in [6, 6.07) is 0. The highest BCUT2D eigenvalue weighted by Gasteiger charge is 2.61. The normalized spacial score (nSPS) is 49.9. The summed E-state index contributed by atoms with van der Waals surface area (Å²) in [5.41, 5.74) is 1.54. The Morgan fingerprint density at radius 3 is 2.76 bits per heavy atom. The lowest BCUT2D eigenvalue weighted by Crippen LogP contribution is -2.55. The average molecular weight is 454 g/mol. The fourth-order valence-corrected chi connectivity index (χ4v) is 7.87. The van der Waals surface area contributed by atoms with E-state index in [1.807, 2.05) is 6.08 Å². The van der Waals surface area contributed by atoms with E-state index in [1.54, 1.807) is 6.08 Å². The third kappa shape index (κ3) is 2.55. The smallest absolute Gasteiger partial charge is 0.178 e. The Hall–Kier alpha value is -0.160. The van der Waals surface area contributed by atoms with Gasteiger partial charge in [0.1, 0.15) is 0 Å². The standard InChI is InChI=1S/C22H31IO2/c1-13(12-23)16-4-5-17-20-18(7-9-22(16,17)3)21(2)8-6-15(24)10-14(21)11-19(20)25/h6,8,10,13,16-20,25H,4-5,7,9,11-12H2,1-3H3/t13-,16+,17+,18+,19+,20+,21-,22-/m1/s1. The molecule has 0 bridgehead atoms. The molecule has 4 aliphatic carbocycles. The number of aliphatic hydroxyl groups is 1. The first-order chi connectivity index (χ1) is 11.8. The number of aliphatic hydroxyl groups excluding tert-OH is 1. The van der Waals surface area contributed by atoms with Gasteiger partial charge in [0.05, 0.1) is 6.10 Å². The van der Waals surface area contributed by atoms with Gasteiger partial charge in [0.25, 0.3) is 0 Å². The van der Waals surface area contributed by atoms with Gasteiger partial charge in [-0.2, -0.15) is 0 Å². The highest BCUT2D eigenvalue weighted by Crippen LogP contribution is 2.66. The third-order valence-corrected chi connectivity index (χ3v) is 9.97. The van der Waals surface area contributed by atoms with Crippen molar-refractivity contribution in [3.8, 4) is 0 Å². The molecule has 0 radical (unpaired) electrons. The predicted octanol–water partition coefficient (Wildman–Crippen LogP) is 4.95. The number of hydrogen-bond acceptors (Lipinski definition) is 2. The Balaban J connectivity index is 1.69. The maximum absolute atomic E-state index is 11.9. The summed E-state index contributed by atoms with van der Waals surface area (Å²) in [6.45, 7) is 7.26. The number of alkyl halides is 1. The molecule has 0 spiro atoms. The summed E-state index contributed by atoms with van der Waals surface area (Å²) >= 11 is 2.55. The molecule has 138 valence electrons. The van der Waals surface area contributed by atoms with Crippen molar-refractivity contribution in [1.29, 1.82) is 0 Å². The molecule has 0 aromatic rings. The van der Waals surface area contributed by atoms with E-state index in [9.17, 15) is 9.90 Å². The quantitative estimate of drug-likeness (QED) is 0.474. The van der Waals surface area contributed by atoms with Crippen molar-refractivity contribution in [2.45, 2.75) is 59.0 Å². The van der Waals surface area contributed by atoms with E-state index >= 15 is 0 Å². The van der Waals surface area contributed by atoms with Crippen LogP contribution >= 0.6 is 22.6 Å². The molecule has 0 heterocycles. The first-order valence-electron chi connectivity index (χ1n) is 9.99. The van der Waals surface area contributed by atoms with Gasteiger partial charge in [-0.15, -0.1) is 0 Å². The molecular formula is C22H31IO2. The van der Waals surface area contributed by atoms with Crippen LogP contribution in [-0.4, -0.2) is 21.4 Å². The SMILES string of the molecule is C[C@H](CI)[C@@H]1CC[C@H]2[C@@H]3[C@@H](O)CC4=CC(=O)C=C[C@@]4(C)[C@H]3CC[C@@]21C. The molecule has 8 atom stereocenters. The van der Waals surface area contributed by atoms with E-state index in [-0.39, 0.29) is 17.3 Å². The number of rotatable bonds is 2. The number of hydrogen-bond donors (Lipinski definition) is 1. The topological polar surface area (TPSA) is 37.3 Å². The molecule has 1 N–H and O–H groups in total. The van der Waals surface area contributed by atoms with Crippen molar-refractivity contribution in [3.05, 3.63) is 23.8 Å². The molecule has 0 aromatic heterocycles. The number of halogens is 1. The highest BCUT2D eigenvalue weighted by molar-refractivity contribution is 14.1. The summed E-state index contributed by atoms with van der Waals surface area (Å²) in [4.78, 5) is 11.9. The minimum absolute atomic E-state index is 0.0217. The number of allylic oxidation sites excluding steroid dienone is 3. The Morgan fingerprint density at radius 2 is 2.04 bits per heavy atom. The van der Waals surface area contributed by atoms with Crippen molar-refractivity contribution >= 4 is 28.4 Å². The van der Waals surface area contributed by atoms with E-state index in [0.717, 1.165) is 11.8 Å². The van der Waals surface area contributed by atoms with Crippen molar-refractivity contribution in [3.63, 3.8) is 0 Å². The fourth-order valence-electron chi connectivity index (χ4n) is 7.25. The summed E-state index contributed by atoms with van der Waals surface area (Å²) < 4.78 is 1.23. The van der Waals surface area contributed by atoms with Gasteiger partial charge in [0.15, 0.2) is 5.78 Å². The van der Waals surface area contributed by atoms with Crippen molar-refractivity contribution in [2.24, 2.45) is 40.4 Å². The zero-order chi connectivity index (χ0) is 18.0. The number of carbonyl (C=O) groups excluding carboxylic acids is 1. The lowest BCUT2D eigenvalue weighted by molar-refractivity contribution is -0.112. The molecular weight excluding hydrogens is 423 g/mol.